The molecule has 0 bridgehead atoms. The molecular formula is C21H25Cl2NO3. The highest BCUT2D eigenvalue weighted by atomic mass is 35.5. The smallest absolute Gasteiger partial charge is 0.161 e. The molecule has 2 aromatic carbocycles. The second-order valence-corrected chi connectivity index (χ2v) is 7.28. The first kappa shape index (κ1) is 20.3. The fourth-order valence-corrected chi connectivity index (χ4v) is 3.56. The minimum Gasteiger partial charge on any atom is -0.490 e. The highest BCUT2D eigenvalue weighted by Crippen LogP contribution is 2.31. The largest absolute Gasteiger partial charge is 0.490 e. The third-order valence-corrected chi connectivity index (χ3v) is 5.18. The number of hydrogen-bond acceptors (Lipinski definition) is 4. The van der Waals surface area contributed by atoms with Crippen molar-refractivity contribution in [2.24, 2.45) is 0 Å². The third kappa shape index (κ3) is 5.76. The molecule has 27 heavy (non-hydrogen) atoms. The van der Waals surface area contributed by atoms with Crippen LogP contribution in [0.5, 0.6) is 11.5 Å². The van der Waals surface area contributed by atoms with E-state index in [-0.39, 0.29) is 6.61 Å². The second-order valence-electron chi connectivity index (χ2n) is 6.47. The molecule has 1 N–H and O–H groups in total. The molecule has 4 nitrogen and oxygen atoms in total. The van der Waals surface area contributed by atoms with Gasteiger partial charge >= 0.3 is 0 Å². The molecule has 0 saturated carbocycles. The third-order valence-electron chi connectivity index (χ3n) is 4.47. The van der Waals surface area contributed by atoms with E-state index in [1.165, 1.54) is 0 Å². The molecule has 3 rings (SSSR count). The van der Waals surface area contributed by atoms with Crippen LogP contribution >= 0.6 is 23.2 Å². The average molecular weight is 410 g/mol. The normalized spacial score (nSPS) is 16.5. The van der Waals surface area contributed by atoms with Gasteiger partial charge in [0.1, 0.15) is 6.61 Å². The van der Waals surface area contributed by atoms with Crippen LogP contribution in [0.2, 0.25) is 10.0 Å². The van der Waals surface area contributed by atoms with Gasteiger partial charge < -0.3 is 19.5 Å². The summed E-state index contributed by atoms with van der Waals surface area (Å²) in [7, 11) is 0. The highest BCUT2D eigenvalue weighted by molar-refractivity contribution is 6.35. The lowest BCUT2D eigenvalue weighted by Gasteiger charge is -2.15. The van der Waals surface area contributed by atoms with Crippen molar-refractivity contribution < 1.29 is 14.2 Å². The van der Waals surface area contributed by atoms with Crippen molar-refractivity contribution in [1.82, 2.24) is 5.32 Å². The predicted octanol–water partition coefficient (Wildman–Crippen LogP) is 5.24. The van der Waals surface area contributed by atoms with E-state index in [2.05, 4.69) is 5.32 Å². The summed E-state index contributed by atoms with van der Waals surface area (Å²) in [6.45, 7) is 5.31. The van der Waals surface area contributed by atoms with Crippen LogP contribution in [-0.4, -0.2) is 25.9 Å². The summed E-state index contributed by atoms with van der Waals surface area (Å²) in [6.07, 6.45) is 2.62. The number of ether oxygens (including phenoxy) is 3. The number of nitrogens with one attached hydrogen (secondary N) is 1. The molecule has 0 aliphatic carbocycles. The van der Waals surface area contributed by atoms with E-state index in [1.54, 1.807) is 12.1 Å². The van der Waals surface area contributed by atoms with Crippen molar-refractivity contribution in [2.75, 3.05) is 19.8 Å². The minimum absolute atomic E-state index is 0.287. The van der Waals surface area contributed by atoms with Crippen molar-refractivity contribution in [1.29, 1.82) is 0 Å². The molecule has 0 aromatic heterocycles. The molecule has 6 heteroatoms. The van der Waals surface area contributed by atoms with Crippen LogP contribution < -0.4 is 14.8 Å². The summed E-state index contributed by atoms with van der Waals surface area (Å²) in [6, 6.07) is 11.4. The molecule has 146 valence electrons. The van der Waals surface area contributed by atoms with Gasteiger partial charge in [-0.25, -0.2) is 0 Å². The van der Waals surface area contributed by atoms with Crippen LogP contribution in [0, 0.1) is 0 Å². The van der Waals surface area contributed by atoms with E-state index in [4.69, 9.17) is 37.4 Å². The first-order valence-electron chi connectivity index (χ1n) is 9.31. The number of hydrogen-bond donors (Lipinski definition) is 1. The van der Waals surface area contributed by atoms with Crippen LogP contribution in [0.3, 0.4) is 0 Å². The number of rotatable bonds is 9. The van der Waals surface area contributed by atoms with Gasteiger partial charge in [-0.2, -0.15) is 0 Å². The van der Waals surface area contributed by atoms with Crippen LogP contribution in [0.15, 0.2) is 36.4 Å². The van der Waals surface area contributed by atoms with E-state index in [0.29, 0.717) is 28.5 Å². The quantitative estimate of drug-likeness (QED) is 0.614. The lowest BCUT2D eigenvalue weighted by atomic mass is 10.2. The van der Waals surface area contributed by atoms with E-state index in [9.17, 15) is 0 Å². The standard InChI is InChI=1S/C21H25Cl2NO3/c1-2-25-21-11-15(12-24-13-16-5-4-10-26-16)8-9-20(21)27-14-17-18(22)6-3-7-19(17)23/h3,6-9,11,16,24H,2,4-5,10,12-14H2,1H3. The Labute approximate surface area is 170 Å². The van der Waals surface area contributed by atoms with Crippen molar-refractivity contribution in [3.63, 3.8) is 0 Å². The van der Waals surface area contributed by atoms with Crippen LogP contribution in [-0.2, 0) is 17.9 Å². The predicted molar refractivity (Wildman–Crippen MR) is 109 cm³/mol. The fraction of sp³-hybridized carbons (Fsp3) is 0.429. The molecule has 0 radical (unpaired) electrons. The molecule has 2 aromatic rings. The Hall–Kier alpha value is -1.46. The molecule has 1 heterocycles. The second kappa shape index (κ2) is 10.2. The maximum atomic E-state index is 6.22. The summed E-state index contributed by atoms with van der Waals surface area (Å²) in [4.78, 5) is 0. The first-order chi connectivity index (χ1) is 13.2. The van der Waals surface area contributed by atoms with Crippen molar-refractivity contribution >= 4 is 23.2 Å². The Bertz CT molecular complexity index is 728. The number of halogens is 2. The Morgan fingerprint density at radius 1 is 1.11 bits per heavy atom. The molecule has 1 aliphatic heterocycles. The van der Waals surface area contributed by atoms with Crippen LogP contribution in [0.1, 0.15) is 30.9 Å². The van der Waals surface area contributed by atoms with Gasteiger partial charge in [-0.15, -0.1) is 0 Å². The van der Waals surface area contributed by atoms with Gasteiger partial charge in [0, 0.05) is 35.3 Å². The lowest BCUT2D eigenvalue weighted by Crippen LogP contribution is -2.25. The topological polar surface area (TPSA) is 39.7 Å². The molecule has 0 spiro atoms. The minimum atomic E-state index is 0.287. The Balaban J connectivity index is 1.62. The van der Waals surface area contributed by atoms with E-state index in [0.717, 1.165) is 49.4 Å². The van der Waals surface area contributed by atoms with Gasteiger partial charge in [0.25, 0.3) is 0 Å². The Kier molecular flexibility index (Phi) is 7.65. The summed E-state index contributed by atoms with van der Waals surface area (Å²) in [5, 5.41) is 4.63. The zero-order valence-corrected chi connectivity index (χ0v) is 17.0. The summed E-state index contributed by atoms with van der Waals surface area (Å²) < 4.78 is 17.3. The SMILES string of the molecule is CCOc1cc(CNCC2CCCO2)ccc1OCc1c(Cl)cccc1Cl. The summed E-state index contributed by atoms with van der Waals surface area (Å²) >= 11 is 12.4. The van der Waals surface area contributed by atoms with Gasteiger partial charge in [-0.1, -0.05) is 35.3 Å². The molecule has 1 unspecified atom stereocenters. The van der Waals surface area contributed by atoms with Crippen molar-refractivity contribution in [3.05, 3.63) is 57.6 Å². The average Bonchev–Trinajstić information content (AvgIpc) is 3.16. The van der Waals surface area contributed by atoms with Gasteiger partial charge in [0.15, 0.2) is 11.5 Å². The maximum Gasteiger partial charge on any atom is 0.161 e. The lowest BCUT2D eigenvalue weighted by molar-refractivity contribution is 0.110. The monoisotopic (exact) mass is 409 g/mol. The molecule has 1 atom stereocenters. The highest BCUT2D eigenvalue weighted by Gasteiger charge is 2.15. The fourth-order valence-electron chi connectivity index (χ4n) is 3.05. The van der Waals surface area contributed by atoms with Gasteiger partial charge in [-0.05, 0) is 49.6 Å². The molecule has 0 amide bonds. The maximum absolute atomic E-state index is 6.22. The van der Waals surface area contributed by atoms with Gasteiger partial charge in [0.2, 0.25) is 0 Å². The molecule has 1 aliphatic rings. The molecule has 1 saturated heterocycles. The van der Waals surface area contributed by atoms with Crippen LogP contribution in [0.4, 0.5) is 0 Å². The van der Waals surface area contributed by atoms with E-state index in [1.807, 2.05) is 31.2 Å². The Morgan fingerprint density at radius 2 is 1.93 bits per heavy atom. The summed E-state index contributed by atoms with van der Waals surface area (Å²) in [5.41, 5.74) is 1.91. The molecular weight excluding hydrogens is 385 g/mol. The first-order valence-corrected chi connectivity index (χ1v) is 10.1. The zero-order valence-electron chi connectivity index (χ0n) is 15.5. The summed E-state index contributed by atoms with van der Waals surface area (Å²) in [5.74, 6) is 1.40. The van der Waals surface area contributed by atoms with E-state index < -0.39 is 0 Å². The van der Waals surface area contributed by atoms with Crippen LogP contribution in [0.25, 0.3) is 0 Å². The van der Waals surface area contributed by atoms with E-state index >= 15 is 0 Å². The molecule has 1 fully saturated rings. The van der Waals surface area contributed by atoms with Gasteiger partial charge in [0.05, 0.1) is 12.7 Å². The van der Waals surface area contributed by atoms with Crippen molar-refractivity contribution in [3.8, 4) is 11.5 Å². The zero-order chi connectivity index (χ0) is 19.1. The van der Waals surface area contributed by atoms with Gasteiger partial charge in [-0.3, -0.25) is 0 Å². The number of benzene rings is 2. The Morgan fingerprint density at radius 3 is 2.63 bits per heavy atom. The van der Waals surface area contributed by atoms with Crippen molar-refractivity contribution in [2.45, 2.75) is 39.0 Å².